The van der Waals surface area contributed by atoms with Gasteiger partial charge in [-0.15, -0.1) is 0 Å². The highest BCUT2D eigenvalue weighted by Crippen LogP contribution is 2.19. The van der Waals surface area contributed by atoms with Crippen molar-refractivity contribution in [3.8, 4) is 5.75 Å². The number of fused-ring (bicyclic) bond motifs is 1. The fourth-order valence-electron chi connectivity index (χ4n) is 3.21. The lowest BCUT2D eigenvalue weighted by atomic mass is 10.1. The molecule has 4 rings (SSSR count). The Kier molecular flexibility index (Phi) is 5.54. The lowest BCUT2D eigenvalue weighted by molar-refractivity contribution is 0.287. The molecule has 6 nitrogen and oxygen atoms in total. The van der Waals surface area contributed by atoms with E-state index < -0.39 is 0 Å². The van der Waals surface area contributed by atoms with E-state index in [1.165, 1.54) is 10.9 Å². The summed E-state index contributed by atoms with van der Waals surface area (Å²) in [6.45, 7) is 0.412. The van der Waals surface area contributed by atoms with Crippen LogP contribution >= 0.6 is 0 Å². The van der Waals surface area contributed by atoms with Crippen LogP contribution in [0.1, 0.15) is 16.7 Å². The van der Waals surface area contributed by atoms with Gasteiger partial charge in [0.25, 0.3) is 0 Å². The average molecular weight is 385 g/mol. The minimum Gasteiger partial charge on any atom is -0.490 e. The van der Waals surface area contributed by atoms with Crippen LogP contribution in [0.4, 0.5) is 5.82 Å². The maximum atomic E-state index is 6.30. The number of aromatic amines is 1. The fraction of sp³-hybridized carbons (Fsp3) is 0.130. The summed E-state index contributed by atoms with van der Waals surface area (Å²) in [5.74, 6) is 1.18. The highest BCUT2D eigenvalue weighted by Gasteiger charge is 2.10. The van der Waals surface area contributed by atoms with E-state index in [0.29, 0.717) is 18.2 Å². The molecule has 1 atom stereocenters. The Bertz CT molecular complexity index is 1130. The van der Waals surface area contributed by atoms with Crippen LogP contribution in [0.15, 0.2) is 67.3 Å². The van der Waals surface area contributed by atoms with Crippen molar-refractivity contribution in [2.24, 2.45) is 5.73 Å². The van der Waals surface area contributed by atoms with Crippen LogP contribution in [0.2, 0.25) is 0 Å². The molecule has 3 heterocycles. The molecule has 5 N–H and O–H groups in total. The van der Waals surface area contributed by atoms with Gasteiger partial charge in [0.15, 0.2) is 0 Å². The van der Waals surface area contributed by atoms with Crippen LogP contribution in [0, 0.1) is 0 Å². The second-order valence-electron chi connectivity index (χ2n) is 6.94. The Labute approximate surface area is 169 Å². The Hall–Kier alpha value is -3.64. The fourth-order valence-corrected chi connectivity index (χ4v) is 3.21. The first-order valence-corrected chi connectivity index (χ1v) is 9.45. The molecule has 0 aliphatic rings. The molecule has 6 heteroatoms. The molecular formula is C23H23N5O. The van der Waals surface area contributed by atoms with Crippen LogP contribution < -0.4 is 16.2 Å². The van der Waals surface area contributed by atoms with E-state index in [1.54, 1.807) is 18.6 Å². The number of H-pyrrole nitrogens is 1. The molecule has 146 valence electrons. The lowest BCUT2D eigenvalue weighted by Crippen LogP contribution is -2.30. The molecule has 0 fully saturated rings. The molecule has 3 aromatic heterocycles. The number of nitrogens with two attached hydrogens (primary N) is 2. The van der Waals surface area contributed by atoms with Crippen molar-refractivity contribution in [3.63, 3.8) is 0 Å². The summed E-state index contributed by atoms with van der Waals surface area (Å²) < 4.78 is 5.88. The Balaban J connectivity index is 1.36. The molecule has 0 radical (unpaired) electrons. The number of benzene rings is 1. The number of nitrogen functional groups attached to an aromatic ring is 1. The number of hydrogen-bond donors (Lipinski definition) is 3. The van der Waals surface area contributed by atoms with E-state index in [9.17, 15) is 0 Å². The molecular weight excluding hydrogens is 362 g/mol. The molecule has 0 saturated heterocycles. The van der Waals surface area contributed by atoms with Gasteiger partial charge in [-0.05, 0) is 47.4 Å². The Morgan fingerprint density at radius 1 is 1.07 bits per heavy atom. The summed E-state index contributed by atoms with van der Waals surface area (Å²) in [4.78, 5) is 11.5. The number of para-hydroxylation sites is 1. The summed E-state index contributed by atoms with van der Waals surface area (Å²) in [6, 6.07) is 13.7. The highest BCUT2D eigenvalue weighted by molar-refractivity contribution is 5.83. The van der Waals surface area contributed by atoms with E-state index in [2.05, 4.69) is 27.1 Å². The normalized spacial score (nSPS) is 12.4. The predicted molar refractivity (Wildman–Crippen MR) is 117 cm³/mol. The Morgan fingerprint density at radius 2 is 1.93 bits per heavy atom. The SMILES string of the molecule is Nc1cc(C=Cc2cncc(OC[C@@H](N)Cc3c[nH]c4ccccc34)c2)ccn1. The van der Waals surface area contributed by atoms with Gasteiger partial charge in [0.05, 0.1) is 6.20 Å². The number of nitrogens with zero attached hydrogens (tertiary/aromatic N) is 2. The number of hydrogen-bond acceptors (Lipinski definition) is 5. The van der Waals surface area contributed by atoms with E-state index in [4.69, 9.17) is 16.2 Å². The van der Waals surface area contributed by atoms with E-state index in [-0.39, 0.29) is 6.04 Å². The second kappa shape index (κ2) is 8.58. The lowest BCUT2D eigenvalue weighted by Gasteiger charge is -2.13. The van der Waals surface area contributed by atoms with Gasteiger partial charge >= 0.3 is 0 Å². The summed E-state index contributed by atoms with van der Waals surface area (Å²) in [5, 5.41) is 1.20. The van der Waals surface area contributed by atoms with Gasteiger partial charge in [0, 0.05) is 35.5 Å². The quantitative estimate of drug-likeness (QED) is 0.450. The number of aromatic nitrogens is 3. The first-order valence-electron chi connectivity index (χ1n) is 9.45. The summed E-state index contributed by atoms with van der Waals surface area (Å²) in [5.41, 5.74) is 16.2. The second-order valence-corrected chi connectivity index (χ2v) is 6.94. The number of nitrogens with one attached hydrogen (secondary N) is 1. The zero-order valence-corrected chi connectivity index (χ0v) is 16.0. The molecule has 0 aliphatic heterocycles. The first kappa shape index (κ1) is 18.7. The minimum absolute atomic E-state index is 0.117. The molecule has 0 aliphatic carbocycles. The van der Waals surface area contributed by atoms with Crippen molar-refractivity contribution in [2.45, 2.75) is 12.5 Å². The first-order chi connectivity index (χ1) is 14.2. The van der Waals surface area contributed by atoms with Gasteiger partial charge in [-0.25, -0.2) is 4.98 Å². The third-order valence-electron chi connectivity index (χ3n) is 4.63. The predicted octanol–water partition coefficient (Wildman–Crippen LogP) is 3.66. The van der Waals surface area contributed by atoms with Crippen LogP contribution in [0.5, 0.6) is 5.75 Å². The number of rotatable bonds is 7. The van der Waals surface area contributed by atoms with Gasteiger partial charge in [0.1, 0.15) is 18.2 Å². The van der Waals surface area contributed by atoms with Gasteiger partial charge in [-0.2, -0.15) is 0 Å². The molecule has 0 amide bonds. The third kappa shape index (κ3) is 4.80. The Morgan fingerprint density at radius 3 is 2.83 bits per heavy atom. The van der Waals surface area contributed by atoms with Crippen molar-refractivity contribution >= 4 is 28.9 Å². The van der Waals surface area contributed by atoms with Gasteiger partial charge in [-0.1, -0.05) is 30.4 Å². The molecule has 0 unspecified atom stereocenters. The summed E-state index contributed by atoms with van der Waals surface area (Å²) >= 11 is 0. The highest BCUT2D eigenvalue weighted by atomic mass is 16.5. The summed E-state index contributed by atoms with van der Waals surface area (Å²) in [6.07, 6.45) is 11.8. The summed E-state index contributed by atoms with van der Waals surface area (Å²) in [7, 11) is 0. The number of anilines is 1. The third-order valence-corrected chi connectivity index (χ3v) is 4.63. The zero-order chi connectivity index (χ0) is 20.1. The average Bonchev–Trinajstić information content (AvgIpc) is 3.14. The molecule has 1 aromatic carbocycles. The van der Waals surface area contributed by atoms with Crippen molar-refractivity contribution in [1.29, 1.82) is 0 Å². The maximum Gasteiger partial charge on any atom is 0.138 e. The van der Waals surface area contributed by atoms with E-state index in [1.807, 2.05) is 48.7 Å². The smallest absolute Gasteiger partial charge is 0.138 e. The van der Waals surface area contributed by atoms with Crippen molar-refractivity contribution in [3.05, 3.63) is 83.9 Å². The molecule has 0 spiro atoms. The van der Waals surface area contributed by atoms with Crippen molar-refractivity contribution < 1.29 is 4.74 Å². The van der Waals surface area contributed by atoms with Crippen LogP contribution in [0.25, 0.3) is 23.1 Å². The standard InChI is InChI=1S/C23H23N5O/c24-19(11-18-13-28-22-4-2-1-3-21(18)22)15-29-20-9-17(12-26-14-20)6-5-16-7-8-27-23(25)10-16/h1-10,12-14,19,28H,11,15,24H2,(H2,25,27)/t19-/m0/s1. The van der Waals surface area contributed by atoms with Crippen LogP contribution in [0.3, 0.4) is 0 Å². The molecule has 29 heavy (non-hydrogen) atoms. The number of ether oxygens (including phenoxy) is 1. The van der Waals surface area contributed by atoms with Crippen LogP contribution in [-0.2, 0) is 6.42 Å². The topological polar surface area (TPSA) is 103 Å². The van der Waals surface area contributed by atoms with Gasteiger partial charge in [-0.3, -0.25) is 4.98 Å². The largest absolute Gasteiger partial charge is 0.490 e. The van der Waals surface area contributed by atoms with Crippen LogP contribution in [-0.4, -0.2) is 27.6 Å². The van der Waals surface area contributed by atoms with Crippen molar-refractivity contribution in [2.75, 3.05) is 12.3 Å². The molecule has 4 aromatic rings. The van der Waals surface area contributed by atoms with Crippen molar-refractivity contribution in [1.82, 2.24) is 15.0 Å². The maximum absolute atomic E-state index is 6.30. The minimum atomic E-state index is -0.117. The van der Waals surface area contributed by atoms with Gasteiger partial charge < -0.3 is 21.2 Å². The van der Waals surface area contributed by atoms with E-state index in [0.717, 1.165) is 23.1 Å². The monoisotopic (exact) mass is 385 g/mol. The van der Waals surface area contributed by atoms with E-state index >= 15 is 0 Å². The zero-order valence-electron chi connectivity index (χ0n) is 16.0. The molecule has 0 saturated carbocycles. The molecule has 0 bridgehead atoms. The number of pyridine rings is 2. The van der Waals surface area contributed by atoms with Gasteiger partial charge in [0.2, 0.25) is 0 Å².